The SMILES string of the molecule is CCCN1CCC(NC)CC1(C)C. The maximum absolute atomic E-state index is 3.40. The number of hydrogen-bond acceptors (Lipinski definition) is 2. The van der Waals surface area contributed by atoms with Gasteiger partial charge in [-0.3, -0.25) is 4.90 Å². The molecule has 0 aromatic heterocycles. The highest BCUT2D eigenvalue weighted by atomic mass is 15.2. The molecular formula is C11H24N2. The Morgan fingerprint density at radius 2 is 2.15 bits per heavy atom. The zero-order valence-corrected chi connectivity index (χ0v) is 9.56. The van der Waals surface area contributed by atoms with Gasteiger partial charge in [0.15, 0.2) is 0 Å². The molecule has 0 aromatic rings. The van der Waals surface area contributed by atoms with Gasteiger partial charge in [-0.05, 0) is 46.7 Å². The van der Waals surface area contributed by atoms with Gasteiger partial charge in [-0.1, -0.05) is 6.92 Å². The van der Waals surface area contributed by atoms with Crippen LogP contribution in [0.3, 0.4) is 0 Å². The van der Waals surface area contributed by atoms with Crippen LogP contribution < -0.4 is 5.32 Å². The highest BCUT2D eigenvalue weighted by Gasteiger charge is 2.33. The lowest BCUT2D eigenvalue weighted by molar-refractivity contribution is 0.0605. The molecule has 1 fully saturated rings. The van der Waals surface area contributed by atoms with Crippen molar-refractivity contribution in [3.8, 4) is 0 Å². The van der Waals surface area contributed by atoms with Gasteiger partial charge in [-0.15, -0.1) is 0 Å². The van der Waals surface area contributed by atoms with Gasteiger partial charge in [0.25, 0.3) is 0 Å². The zero-order valence-electron chi connectivity index (χ0n) is 9.56. The van der Waals surface area contributed by atoms with Crippen LogP contribution in [0.4, 0.5) is 0 Å². The Morgan fingerprint density at radius 1 is 1.46 bits per heavy atom. The Hall–Kier alpha value is -0.0800. The van der Waals surface area contributed by atoms with E-state index in [-0.39, 0.29) is 0 Å². The van der Waals surface area contributed by atoms with Gasteiger partial charge in [-0.25, -0.2) is 0 Å². The first-order valence-corrected chi connectivity index (χ1v) is 5.52. The molecule has 1 unspecified atom stereocenters. The van der Waals surface area contributed by atoms with Crippen LogP contribution in [-0.4, -0.2) is 36.6 Å². The Bertz CT molecular complexity index is 154. The van der Waals surface area contributed by atoms with E-state index >= 15 is 0 Å². The summed E-state index contributed by atoms with van der Waals surface area (Å²) >= 11 is 0. The molecule has 0 aliphatic carbocycles. The second-order valence-electron chi connectivity index (χ2n) is 4.78. The topological polar surface area (TPSA) is 15.3 Å². The highest BCUT2D eigenvalue weighted by molar-refractivity contribution is 4.91. The summed E-state index contributed by atoms with van der Waals surface area (Å²) in [7, 11) is 2.08. The van der Waals surface area contributed by atoms with E-state index in [1.54, 1.807) is 0 Å². The van der Waals surface area contributed by atoms with E-state index in [9.17, 15) is 0 Å². The number of nitrogens with zero attached hydrogens (tertiary/aromatic N) is 1. The van der Waals surface area contributed by atoms with E-state index in [4.69, 9.17) is 0 Å². The van der Waals surface area contributed by atoms with Crippen LogP contribution in [0, 0.1) is 0 Å². The Kier molecular flexibility index (Phi) is 3.74. The lowest BCUT2D eigenvalue weighted by atomic mass is 9.87. The van der Waals surface area contributed by atoms with Gasteiger partial charge in [0.05, 0.1) is 0 Å². The minimum atomic E-state index is 0.391. The summed E-state index contributed by atoms with van der Waals surface area (Å²) in [5.41, 5.74) is 0.391. The fourth-order valence-corrected chi connectivity index (χ4v) is 2.38. The molecular weight excluding hydrogens is 160 g/mol. The molecule has 1 aliphatic rings. The highest BCUT2D eigenvalue weighted by Crippen LogP contribution is 2.27. The van der Waals surface area contributed by atoms with Gasteiger partial charge >= 0.3 is 0 Å². The molecule has 2 heteroatoms. The van der Waals surface area contributed by atoms with Crippen molar-refractivity contribution in [1.82, 2.24) is 10.2 Å². The molecule has 0 aromatic carbocycles. The van der Waals surface area contributed by atoms with Gasteiger partial charge in [-0.2, -0.15) is 0 Å². The first kappa shape index (κ1) is 11.0. The minimum Gasteiger partial charge on any atom is -0.317 e. The van der Waals surface area contributed by atoms with Crippen molar-refractivity contribution in [3.63, 3.8) is 0 Å². The number of nitrogens with one attached hydrogen (secondary N) is 1. The van der Waals surface area contributed by atoms with Crippen LogP contribution >= 0.6 is 0 Å². The Morgan fingerprint density at radius 3 is 2.62 bits per heavy atom. The van der Waals surface area contributed by atoms with Crippen molar-refractivity contribution in [2.45, 2.75) is 51.6 Å². The molecule has 0 radical (unpaired) electrons. The van der Waals surface area contributed by atoms with E-state index in [0.29, 0.717) is 5.54 Å². The third-order valence-electron chi connectivity index (χ3n) is 3.25. The molecule has 2 nitrogen and oxygen atoms in total. The zero-order chi connectivity index (χ0) is 9.90. The van der Waals surface area contributed by atoms with E-state index < -0.39 is 0 Å². The average molecular weight is 184 g/mol. The van der Waals surface area contributed by atoms with Crippen LogP contribution in [0.25, 0.3) is 0 Å². The fourth-order valence-electron chi connectivity index (χ4n) is 2.38. The van der Waals surface area contributed by atoms with Crippen LogP contribution in [0.2, 0.25) is 0 Å². The number of likely N-dealkylation sites (tertiary alicyclic amines) is 1. The van der Waals surface area contributed by atoms with Crippen molar-refractivity contribution < 1.29 is 0 Å². The van der Waals surface area contributed by atoms with E-state index in [1.807, 2.05) is 0 Å². The molecule has 1 saturated heterocycles. The van der Waals surface area contributed by atoms with Crippen molar-refractivity contribution in [3.05, 3.63) is 0 Å². The molecule has 0 bridgehead atoms. The molecule has 0 saturated carbocycles. The standard InChI is InChI=1S/C11H24N2/c1-5-7-13-8-6-10(12-4)9-11(13,2)3/h10,12H,5-9H2,1-4H3. The largest absolute Gasteiger partial charge is 0.317 e. The van der Waals surface area contributed by atoms with E-state index in [0.717, 1.165) is 6.04 Å². The summed E-state index contributed by atoms with van der Waals surface area (Å²) in [4.78, 5) is 2.63. The maximum atomic E-state index is 3.40. The normalized spacial score (nSPS) is 29.1. The van der Waals surface area contributed by atoms with Gasteiger partial charge < -0.3 is 5.32 Å². The van der Waals surface area contributed by atoms with Crippen molar-refractivity contribution in [1.29, 1.82) is 0 Å². The molecule has 1 N–H and O–H groups in total. The van der Waals surface area contributed by atoms with Crippen molar-refractivity contribution in [2.75, 3.05) is 20.1 Å². The predicted octanol–water partition coefficient (Wildman–Crippen LogP) is 1.86. The molecule has 0 amide bonds. The summed E-state index contributed by atoms with van der Waals surface area (Å²) < 4.78 is 0. The van der Waals surface area contributed by atoms with Crippen molar-refractivity contribution in [2.24, 2.45) is 0 Å². The second kappa shape index (κ2) is 4.43. The number of rotatable bonds is 3. The summed E-state index contributed by atoms with van der Waals surface area (Å²) in [5.74, 6) is 0. The third-order valence-corrected chi connectivity index (χ3v) is 3.25. The van der Waals surface area contributed by atoms with Crippen LogP contribution in [0.15, 0.2) is 0 Å². The molecule has 1 aliphatic heterocycles. The molecule has 1 rings (SSSR count). The quantitative estimate of drug-likeness (QED) is 0.720. The summed E-state index contributed by atoms with van der Waals surface area (Å²) in [6.07, 6.45) is 3.86. The van der Waals surface area contributed by atoms with Gasteiger partial charge in [0.1, 0.15) is 0 Å². The van der Waals surface area contributed by atoms with Crippen molar-refractivity contribution >= 4 is 0 Å². The average Bonchev–Trinajstić information content (AvgIpc) is 2.08. The van der Waals surface area contributed by atoms with Gasteiger partial charge in [0.2, 0.25) is 0 Å². The molecule has 1 heterocycles. The molecule has 0 spiro atoms. The summed E-state index contributed by atoms with van der Waals surface area (Å²) in [5, 5.41) is 3.40. The summed E-state index contributed by atoms with van der Waals surface area (Å²) in [6.45, 7) is 9.51. The first-order valence-electron chi connectivity index (χ1n) is 5.52. The third kappa shape index (κ3) is 2.68. The summed E-state index contributed by atoms with van der Waals surface area (Å²) in [6, 6.07) is 0.725. The van der Waals surface area contributed by atoms with Crippen LogP contribution in [-0.2, 0) is 0 Å². The van der Waals surface area contributed by atoms with E-state index in [1.165, 1.54) is 32.4 Å². The monoisotopic (exact) mass is 184 g/mol. The smallest absolute Gasteiger partial charge is 0.0168 e. The Balaban J connectivity index is 2.51. The minimum absolute atomic E-state index is 0.391. The molecule has 1 atom stereocenters. The molecule has 78 valence electrons. The number of piperidine rings is 1. The van der Waals surface area contributed by atoms with Crippen LogP contribution in [0.5, 0.6) is 0 Å². The second-order valence-corrected chi connectivity index (χ2v) is 4.78. The van der Waals surface area contributed by atoms with Crippen LogP contribution in [0.1, 0.15) is 40.0 Å². The maximum Gasteiger partial charge on any atom is 0.0168 e. The lowest BCUT2D eigenvalue weighted by Gasteiger charge is -2.45. The molecule has 13 heavy (non-hydrogen) atoms. The lowest BCUT2D eigenvalue weighted by Crippen LogP contribution is -2.54. The Labute approximate surface area is 82.7 Å². The first-order chi connectivity index (χ1) is 6.10. The predicted molar refractivity (Wildman–Crippen MR) is 58.0 cm³/mol. The fraction of sp³-hybridized carbons (Fsp3) is 1.00. The van der Waals surface area contributed by atoms with E-state index in [2.05, 4.69) is 38.0 Å². The van der Waals surface area contributed by atoms with Gasteiger partial charge in [0, 0.05) is 18.1 Å². The number of hydrogen-bond donors (Lipinski definition) is 1.